The average Bonchev–Trinajstić information content (AvgIpc) is 3.41. The fourth-order valence-electron chi connectivity index (χ4n) is 3.72. The van der Waals surface area contributed by atoms with E-state index in [0.29, 0.717) is 30.2 Å². The summed E-state index contributed by atoms with van der Waals surface area (Å²) in [7, 11) is -2.16. The van der Waals surface area contributed by atoms with Crippen LogP contribution in [0.1, 0.15) is 34.3 Å². The van der Waals surface area contributed by atoms with E-state index >= 15 is 0 Å². The summed E-state index contributed by atoms with van der Waals surface area (Å²) in [6, 6.07) is 18.5. The van der Waals surface area contributed by atoms with Crippen LogP contribution in [0.4, 0.5) is 11.4 Å². The molecule has 1 amide bonds. The van der Waals surface area contributed by atoms with Gasteiger partial charge in [0.15, 0.2) is 5.69 Å². The van der Waals surface area contributed by atoms with Crippen LogP contribution in [0.3, 0.4) is 0 Å². The molecule has 0 saturated carbocycles. The second kappa shape index (κ2) is 11.3. The number of hydrogen-bond acceptors (Lipinski definition) is 8. The van der Waals surface area contributed by atoms with E-state index in [1.807, 2.05) is 54.3 Å². The zero-order valence-corrected chi connectivity index (χ0v) is 21.7. The van der Waals surface area contributed by atoms with Gasteiger partial charge in [0.1, 0.15) is 11.5 Å². The first kappa shape index (κ1) is 25.9. The molecule has 10 heteroatoms. The molecule has 37 heavy (non-hydrogen) atoms. The highest BCUT2D eigenvalue weighted by molar-refractivity contribution is 7.90. The third-order valence-corrected chi connectivity index (χ3v) is 6.57. The predicted molar refractivity (Wildman–Crippen MR) is 141 cm³/mol. The number of anilines is 2. The second-order valence-corrected chi connectivity index (χ2v) is 10.4. The van der Waals surface area contributed by atoms with Gasteiger partial charge in [-0.25, -0.2) is 18.4 Å². The monoisotopic (exact) mass is 520 g/mol. The summed E-state index contributed by atoms with van der Waals surface area (Å²) in [6.45, 7) is 2.72. The molecular weight excluding hydrogens is 492 g/mol. The lowest BCUT2D eigenvalue weighted by atomic mass is 10.1. The van der Waals surface area contributed by atoms with Gasteiger partial charge in [0.2, 0.25) is 15.0 Å². The van der Waals surface area contributed by atoms with E-state index in [-0.39, 0.29) is 5.69 Å². The van der Waals surface area contributed by atoms with Crippen molar-refractivity contribution in [2.45, 2.75) is 31.6 Å². The van der Waals surface area contributed by atoms with Gasteiger partial charge in [0.05, 0.1) is 31.8 Å². The third-order valence-electron chi connectivity index (χ3n) is 5.71. The number of carbonyl (C=O) groups excluding carboxylic acids is 1. The zero-order chi connectivity index (χ0) is 26.4. The Hall–Kier alpha value is -4.18. The van der Waals surface area contributed by atoms with Crippen LogP contribution in [0, 0.1) is 0 Å². The minimum Gasteiger partial charge on any atom is -0.497 e. The molecule has 0 unspecified atom stereocenters. The summed E-state index contributed by atoms with van der Waals surface area (Å²) in [5.41, 5.74) is 2.93. The molecule has 2 heterocycles. The first-order valence-corrected chi connectivity index (χ1v) is 13.5. The Labute approximate surface area is 216 Å². The molecule has 0 bridgehead atoms. The van der Waals surface area contributed by atoms with Crippen molar-refractivity contribution < 1.29 is 22.4 Å². The van der Waals surface area contributed by atoms with Crippen molar-refractivity contribution in [1.82, 2.24) is 9.97 Å². The van der Waals surface area contributed by atoms with E-state index in [2.05, 4.69) is 15.3 Å². The van der Waals surface area contributed by atoms with Gasteiger partial charge in [0, 0.05) is 18.5 Å². The van der Waals surface area contributed by atoms with E-state index in [1.54, 1.807) is 31.6 Å². The third kappa shape index (κ3) is 6.53. The Morgan fingerprint density at radius 3 is 2.32 bits per heavy atom. The minimum atomic E-state index is -3.75. The molecule has 0 saturated heterocycles. The summed E-state index contributed by atoms with van der Waals surface area (Å²) in [5.74, 6) is 0.823. The molecule has 9 nitrogen and oxygen atoms in total. The van der Waals surface area contributed by atoms with Gasteiger partial charge in [-0.15, -0.1) is 0 Å². The van der Waals surface area contributed by atoms with Crippen LogP contribution in [0.15, 0.2) is 82.7 Å². The molecule has 4 rings (SSSR count). The fraction of sp³-hybridized carbons (Fsp3) is 0.222. The summed E-state index contributed by atoms with van der Waals surface area (Å²) >= 11 is 0. The van der Waals surface area contributed by atoms with E-state index in [9.17, 15) is 13.2 Å². The Balaban J connectivity index is 1.75. The molecule has 0 aliphatic rings. The number of nitrogens with zero attached hydrogens (tertiary/aromatic N) is 3. The van der Waals surface area contributed by atoms with Crippen molar-refractivity contribution >= 4 is 27.1 Å². The number of benzene rings is 2. The normalized spacial score (nSPS) is 11.2. The zero-order valence-electron chi connectivity index (χ0n) is 20.8. The quantitative estimate of drug-likeness (QED) is 0.304. The Morgan fingerprint density at radius 1 is 1.03 bits per heavy atom. The van der Waals surface area contributed by atoms with Crippen LogP contribution >= 0.6 is 0 Å². The van der Waals surface area contributed by atoms with Gasteiger partial charge in [-0.05, 0) is 53.9 Å². The first-order chi connectivity index (χ1) is 17.8. The summed E-state index contributed by atoms with van der Waals surface area (Å²) in [5, 5.41) is 2.40. The average molecular weight is 521 g/mol. The Morgan fingerprint density at radius 2 is 1.73 bits per heavy atom. The van der Waals surface area contributed by atoms with Gasteiger partial charge in [-0.3, -0.25) is 4.79 Å². The predicted octanol–water partition coefficient (Wildman–Crippen LogP) is 4.50. The molecule has 2 aromatic heterocycles. The van der Waals surface area contributed by atoms with Crippen molar-refractivity contribution in [1.29, 1.82) is 0 Å². The van der Waals surface area contributed by atoms with Crippen LogP contribution < -0.4 is 15.0 Å². The van der Waals surface area contributed by atoms with Crippen LogP contribution in [0.5, 0.6) is 5.75 Å². The highest BCUT2D eigenvalue weighted by Gasteiger charge is 2.24. The summed E-state index contributed by atoms with van der Waals surface area (Å²) in [6.07, 6.45) is 4.81. The molecular formula is C27H28N4O5S. The maximum atomic E-state index is 13.4. The number of furan rings is 1. The highest BCUT2D eigenvalue weighted by atomic mass is 32.2. The van der Waals surface area contributed by atoms with Crippen molar-refractivity contribution in [3.63, 3.8) is 0 Å². The van der Waals surface area contributed by atoms with Gasteiger partial charge < -0.3 is 19.4 Å². The van der Waals surface area contributed by atoms with Gasteiger partial charge >= 0.3 is 0 Å². The number of nitrogens with one attached hydrogen (secondary N) is 1. The maximum absolute atomic E-state index is 13.4. The van der Waals surface area contributed by atoms with Crippen molar-refractivity contribution in [2.75, 3.05) is 23.6 Å². The number of ether oxygens (including phenoxy) is 1. The van der Waals surface area contributed by atoms with Crippen molar-refractivity contribution in [3.8, 4) is 5.75 Å². The van der Waals surface area contributed by atoms with Crippen LogP contribution in [0.2, 0.25) is 0 Å². The van der Waals surface area contributed by atoms with E-state index in [0.717, 1.165) is 29.6 Å². The number of aryl methyl sites for hydroxylation is 1. The van der Waals surface area contributed by atoms with Gasteiger partial charge in [-0.2, -0.15) is 0 Å². The Kier molecular flexibility index (Phi) is 7.88. The largest absolute Gasteiger partial charge is 0.497 e. The number of sulfone groups is 1. The number of amides is 1. The fourth-order valence-corrected chi connectivity index (χ4v) is 4.22. The SMILES string of the molecule is CCc1ccc(NC(=O)c2nc(S(C)(=O)=O)ncc2N(Cc2ccc(OC)cc2)Cc2ccco2)cc1. The molecule has 0 aliphatic carbocycles. The lowest BCUT2D eigenvalue weighted by Gasteiger charge is -2.25. The molecule has 4 aromatic rings. The maximum Gasteiger partial charge on any atom is 0.276 e. The molecule has 192 valence electrons. The molecule has 0 spiro atoms. The number of aromatic nitrogens is 2. The topological polar surface area (TPSA) is 115 Å². The Bertz CT molecular complexity index is 1450. The van der Waals surface area contributed by atoms with E-state index in [4.69, 9.17) is 9.15 Å². The minimum absolute atomic E-state index is 0.0601. The number of methoxy groups -OCH3 is 1. The van der Waals surface area contributed by atoms with Gasteiger partial charge in [0.25, 0.3) is 5.91 Å². The van der Waals surface area contributed by atoms with E-state index < -0.39 is 20.9 Å². The molecule has 0 atom stereocenters. The molecule has 2 aromatic carbocycles. The second-order valence-electron chi connectivity index (χ2n) is 8.45. The van der Waals surface area contributed by atoms with Gasteiger partial charge in [-0.1, -0.05) is 31.2 Å². The number of carbonyl (C=O) groups is 1. The summed E-state index contributed by atoms with van der Waals surface area (Å²) < 4.78 is 35.3. The van der Waals surface area contributed by atoms with E-state index in [1.165, 1.54) is 6.20 Å². The smallest absolute Gasteiger partial charge is 0.276 e. The standard InChI is InChI=1S/C27H28N4O5S/c1-4-19-7-11-21(12-8-19)29-26(32)25-24(16-28-27(30-25)37(3,33)34)31(18-23-6-5-15-36-23)17-20-9-13-22(35-2)14-10-20/h5-16H,4,17-18H2,1-3H3,(H,29,32). The first-order valence-electron chi connectivity index (χ1n) is 11.6. The van der Waals surface area contributed by atoms with Crippen LogP contribution in [0.25, 0.3) is 0 Å². The molecule has 0 radical (unpaired) electrons. The molecule has 1 N–H and O–H groups in total. The molecule has 0 aliphatic heterocycles. The van der Waals surface area contributed by atoms with Crippen LogP contribution in [-0.2, 0) is 29.3 Å². The lowest BCUT2D eigenvalue weighted by molar-refractivity contribution is 0.102. The summed E-state index contributed by atoms with van der Waals surface area (Å²) in [4.78, 5) is 23.6. The van der Waals surface area contributed by atoms with Crippen molar-refractivity contribution in [2.24, 2.45) is 0 Å². The molecule has 0 fully saturated rings. The van der Waals surface area contributed by atoms with Crippen LogP contribution in [-0.4, -0.2) is 37.7 Å². The van der Waals surface area contributed by atoms with Crippen molar-refractivity contribution in [3.05, 3.63) is 95.7 Å². The highest BCUT2D eigenvalue weighted by Crippen LogP contribution is 2.26. The number of rotatable bonds is 10. The lowest BCUT2D eigenvalue weighted by Crippen LogP contribution is -2.27. The number of hydrogen-bond donors (Lipinski definition) is 1.